The summed E-state index contributed by atoms with van der Waals surface area (Å²) in [6, 6.07) is 12.7. The smallest absolute Gasteiger partial charge is 0.107 e. The zero-order chi connectivity index (χ0) is 12.4. The van der Waals surface area contributed by atoms with Crippen LogP contribution in [-0.4, -0.2) is 5.11 Å². The van der Waals surface area contributed by atoms with Gasteiger partial charge in [-0.1, -0.05) is 53.5 Å². The highest BCUT2D eigenvalue weighted by atomic mass is 79.9. The quantitative estimate of drug-likeness (QED) is 0.781. The van der Waals surface area contributed by atoms with Gasteiger partial charge in [0.15, 0.2) is 0 Å². The highest BCUT2D eigenvalue weighted by Gasteiger charge is 2.18. The molecule has 17 heavy (non-hydrogen) atoms. The Morgan fingerprint density at radius 2 is 1.65 bits per heavy atom. The number of halogens is 3. The van der Waals surface area contributed by atoms with Crippen molar-refractivity contribution < 1.29 is 5.11 Å². The molecule has 1 atom stereocenters. The minimum atomic E-state index is -0.825. The first kappa shape index (κ1) is 12.9. The number of aliphatic hydroxyl groups excluding tert-OH is 1. The molecule has 2 aromatic carbocycles. The van der Waals surface area contributed by atoms with Gasteiger partial charge >= 0.3 is 0 Å². The molecule has 0 amide bonds. The number of rotatable bonds is 2. The zero-order valence-corrected chi connectivity index (χ0v) is 11.8. The first-order chi connectivity index (χ1) is 8.11. The molecular formula is C13H9BrCl2O. The Bertz CT molecular complexity index is 528. The van der Waals surface area contributed by atoms with Crippen LogP contribution in [0.1, 0.15) is 17.2 Å². The van der Waals surface area contributed by atoms with Crippen molar-refractivity contribution in [3.8, 4) is 0 Å². The summed E-state index contributed by atoms with van der Waals surface area (Å²) < 4.78 is 0.716. The Kier molecular flexibility index (Phi) is 4.10. The summed E-state index contributed by atoms with van der Waals surface area (Å²) in [5.41, 5.74) is 1.28. The van der Waals surface area contributed by atoms with E-state index in [1.807, 2.05) is 30.3 Å². The molecule has 1 N–H and O–H groups in total. The van der Waals surface area contributed by atoms with Crippen molar-refractivity contribution in [3.63, 3.8) is 0 Å². The molecule has 0 heterocycles. The van der Waals surface area contributed by atoms with Crippen LogP contribution < -0.4 is 0 Å². The lowest BCUT2D eigenvalue weighted by molar-refractivity contribution is 0.220. The van der Waals surface area contributed by atoms with Gasteiger partial charge in [0.1, 0.15) is 6.10 Å². The monoisotopic (exact) mass is 330 g/mol. The Morgan fingerprint density at radius 3 is 2.29 bits per heavy atom. The van der Waals surface area contributed by atoms with Gasteiger partial charge in [-0.25, -0.2) is 0 Å². The minimum absolute atomic E-state index is 0.439. The predicted octanol–water partition coefficient (Wildman–Crippen LogP) is 4.84. The van der Waals surface area contributed by atoms with Crippen LogP contribution in [0.3, 0.4) is 0 Å². The van der Waals surface area contributed by atoms with Gasteiger partial charge in [-0.2, -0.15) is 0 Å². The van der Waals surface area contributed by atoms with Crippen molar-refractivity contribution in [1.82, 2.24) is 0 Å². The first-order valence-electron chi connectivity index (χ1n) is 4.97. The lowest BCUT2D eigenvalue weighted by atomic mass is 10.0. The molecule has 0 saturated carbocycles. The van der Waals surface area contributed by atoms with Crippen molar-refractivity contribution in [1.29, 1.82) is 0 Å². The summed E-state index contributed by atoms with van der Waals surface area (Å²) in [5, 5.41) is 11.2. The van der Waals surface area contributed by atoms with Crippen LogP contribution in [0, 0.1) is 0 Å². The van der Waals surface area contributed by atoms with Crippen molar-refractivity contribution in [2.45, 2.75) is 6.10 Å². The van der Waals surface area contributed by atoms with E-state index in [1.165, 1.54) is 0 Å². The standard InChI is InChI=1S/C13H9BrCl2O/c14-9-6-7-10(15)11(12(9)16)13(17)8-4-2-1-3-5-8/h1-7,13,17H. The van der Waals surface area contributed by atoms with Gasteiger partial charge in [0.25, 0.3) is 0 Å². The van der Waals surface area contributed by atoms with Gasteiger partial charge in [0, 0.05) is 15.1 Å². The highest BCUT2D eigenvalue weighted by Crippen LogP contribution is 2.38. The molecule has 0 aliphatic heterocycles. The van der Waals surface area contributed by atoms with Crippen molar-refractivity contribution in [2.75, 3.05) is 0 Å². The summed E-state index contributed by atoms with van der Waals surface area (Å²) in [6.45, 7) is 0. The van der Waals surface area contributed by atoms with Crippen molar-refractivity contribution >= 4 is 39.1 Å². The predicted molar refractivity (Wildman–Crippen MR) is 74.7 cm³/mol. The maximum absolute atomic E-state index is 10.3. The average Bonchev–Trinajstić information content (AvgIpc) is 2.35. The minimum Gasteiger partial charge on any atom is -0.384 e. The van der Waals surface area contributed by atoms with Gasteiger partial charge < -0.3 is 5.11 Å². The molecule has 0 aliphatic carbocycles. The van der Waals surface area contributed by atoms with E-state index in [1.54, 1.807) is 12.1 Å². The maximum Gasteiger partial charge on any atom is 0.107 e. The van der Waals surface area contributed by atoms with E-state index in [0.29, 0.717) is 20.1 Å². The van der Waals surface area contributed by atoms with Crippen LogP contribution in [-0.2, 0) is 0 Å². The lowest BCUT2D eigenvalue weighted by Crippen LogP contribution is -2.01. The van der Waals surface area contributed by atoms with Crippen LogP contribution in [0.2, 0.25) is 10.0 Å². The molecule has 2 rings (SSSR count). The number of aliphatic hydroxyl groups is 1. The second kappa shape index (κ2) is 5.40. The van der Waals surface area contributed by atoms with E-state index < -0.39 is 6.10 Å². The van der Waals surface area contributed by atoms with Crippen LogP contribution in [0.5, 0.6) is 0 Å². The molecule has 0 saturated heterocycles. The maximum atomic E-state index is 10.3. The molecule has 0 spiro atoms. The summed E-state index contributed by atoms with van der Waals surface area (Å²) in [5.74, 6) is 0. The van der Waals surface area contributed by atoms with E-state index in [-0.39, 0.29) is 0 Å². The Hall–Kier alpha value is -0.540. The molecule has 0 radical (unpaired) electrons. The molecule has 0 bridgehead atoms. The third kappa shape index (κ3) is 2.66. The fourth-order valence-corrected chi connectivity index (χ4v) is 2.52. The summed E-state index contributed by atoms with van der Waals surface area (Å²) in [6.07, 6.45) is -0.825. The topological polar surface area (TPSA) is 20.2 Å². The van der Waals surface area contributed by atoms with Crippen LogP contribution >= 0.6 is 39.1 Å². The summed E-state index contributed by atoms with van der Waals surface area (Å²) in [7, 11) is 0. The molecule has 4 heteroatoms. The molecule has 0 aromatic heterocycles. The van der Waals surface area contributed by atoms with Crippen molar-refractivity contribution in [3.05, 3.63) is 68.1 Å². The highest BCUT2D eigenvalue weighted by molar-refractivity contribution is 9.10. The third-order valence-corrected chi connectivity index (χ3v) is 4.09. The van der Waals surface area contributed by atoms with Crippen LogP contribution in [0.4, 0.5) is 0 Å². The molecule has 0 aliphatic rings. The van der Waals surface area contributed by atoms with Crippen molar-refractivity contribution in [2.24, 2.45) is 0 Å². The first-order valence-corrected chi connectivity index (χ1v) is 6.52. The van der Waals surface area contributed by atoms with E-state index in [4.69, 9.17) is 23.2 Å². The second-order valence-electron chi connectivity index (χ2n) is 3.57. The van der Waals surface area contributed by atoms with Gasteiger partial charge in [0.2, 0.25) is 0 Å². The molecule has 88 valence electrons. The molecule has 0 fully saturated rings. The number of hydrogen-bond acceptors (Lipinski definition) is 1. The third-order valence-electron chi connectivity index (χ3n) is 2.47. The van der Waals surface area contributed by atoms with E-state index in [9.17, 15) is 5.11 Å². The average molecular weight is 332 g/mol. The Morgan fingerprint density at radius 1 is 1.00 bits per heavy atom. The van der Waals surface area contributed by atoms with Crippen LogP contribution in [0.15, 0.2) is 46.9 Å². The Balaban J connectivity index is 2.51. The van der Waals surface area contributed by atoms with E-state index >= 15 is 0 Å². The van der Waals surface area contributed by atoms with E-state index in [2.05, 4.69) is 15.9 Å². The molecular weight excluding hydrogens is 323 g/mol. The van der Waals surface area contributed by atoms with Crippen LogP contribution in [0.25, 0.3) is 0 Å². The summed E-state index contributed by atoms with van der Waals surface area (Å²) in [4.78, 5) is 0. The lowest BCUT2D eigenvalue weighted by Gasteiger charge is -2.15. The fraction of sp³-hybridized carbons (Fsp3) is 0.0769. The van der Waals surface area contributed by atoms with E-state index in [0.717, 1.165) is 5.56 Å². The zero-order valence-electron chi connectivity index (χ0n) is 8.70. The molecule has 1 unspecified atom stereocenters. The van der Waals surface area contributed by atoms with Gasteiger partial charge in [0.05, 0.1) is 5.02 Å². The number of benzene rings is 2. The fourth-order valence-electron chi connectivity index (χ4n) is 1.60. The van der Waals surface area contributed by atoms with Gasteiger partial charge in [-0.15, -0.1) is 0 Å². The largest absolute Gasteiger partial charge is 0.384 e. The molecule has 2 aromatic rings. The normalized spacial score (nSPS) is 12.5. The molecule has 1 nitrogen and oxygen atoms in total. The number of hydrogen-bond donors (Lipinski definition) is 1. The second-order valence-corrected chi connectivity index (χ2v) is 5.21. The van der Waals surface area contributed by atoms with Gasteiger partial charge in [-0.05, 0) is 33.6 Å². The SMILES string of the molecule is OC(c1ccccc1)c1c(Cl)ccc(Br)c1Cl. The van der Waals surface area contributed by atoms with Gasteiger partial charge in [-0.3, -0.25) is 0 Å². The Labute approximate surface area is 118 Å². The summed E-state index contributed by atoms with van der Waals surface area (Å²) >= 11 is 15.6.